The van der Waals surface area contributed by atoms with Crippen LogP contribution in [0.1, 0.15) is 23.0 Å². The van der Waals surface area contributed by atoms with E-state index in [1.807, 2.05) is 6.07 Å². The third-order valence-electron chi connectivity index (χ3n) is 2.95. The average molecular weight is 257 g/mol. The van der Waals surface area contributed by atoms with Crippen molar-refractivity contribution in [1.82, 2.24) is 14.8 Å². The number of pyridine rings is 1. The molecule has 3 aromatic rings. The van der Waals surface area contributed by atoms with E-state index in [4.69, 9.17) is 4.42 Å². The summed E-state index contributed by atoms with van der Waals surface area (Å²) in [5.41, 5.74) is 0.420. The number of hydrogen-bond donors (Lipinski definition) is 1. The van der Waals surface area contributed by atoms with Crippen LogP contribution in [-0.4, -0.2) is 20.5 Å². The molecule has 0 amide bonds. The molecule has 0 aliphatic rings. The zero-order chi connectivity index (χ0) is 13.4. The van der Waals surface area contributed by atoms with Gasteiger partial charge in [-0.25, -0.2) is 4.68 Å². The Balaban J connectivity index is 2.12. The van der Waals surface area contributed by atoms with Gasteiger partial charge in [-0.1, -0.05) is 0 Å². The quantitative estimate of drug-likeness (QED) is 0.722. The molecular weight excluding hydrogens is 246 g/mol. The third-order valence-corrected chi connectivity index (χ3v) is 2.95. The molecule has 0 saturated carbocycles. The normalized spacial score (nSPS) is 11.0. The van der Waals surface area contributed by atoms with E-state index < -0.39 is 0 Å². The Kier molecular flexibility index (Phi) is 2.56. The van der Waals surface area contributed by atoms with E-state index in [9.17, 15) is 9.59 Å². The summed E-state index contributed by atoms with van der Waals surface area (Å²) in [4.78, 5) is 26.3. The maximum absolute atomic E-state index is 12.1. The zero-order valence-corrected chi connectivity index (χ0v) is 10.2. The Morgan fingerprint density at radius 2 is 2.37 bits per heavy atom. The molecule has 0 saturated heterocycles. The molecule has 6 heteroatoms. The van der Waals surface area contributed by atoms with Crippen LogP contribution in [0.5, 0.6) is 0 Å². The second kappa shape index (κ2) is 4.24. The number of fused-ring (bicyclic) bond motifs is 1. The van der Waals surface area contributed by atoms with Gasteiger partial charge in [0.25, 0.3) is 0 Å². The van der Waals surface area contributed by atoms with Gasteiger partial charge in [-0.3, -0.25) is 9.59 Å². The van der Waals surface area contributed by atoms with Crippen molar-refractivity contribution in [3.05, 3.63) is 52.3 Å². The molecule has 0 aromatic carbocycles. The van der Waals surface area contributed by atoms with Crippen molar-refractivity contribution in [2.24, 2.45) is 0 Å². The minimum atomic E-state index is -0.299. The van der Waals surface area contributed by atoms with Crippen LogP contribution < -0.4 is 5.43 Å². The minimum Gasteiger partial charge on any atom is -0.467 e. The highest BCUT2D eigenvalue weighted by molar-refractivity contribution is 5.96. The zero-order valence-electron chi connectivity index (χ0n) is 10.2. The van der Waals surface area contributed by atoms with Gasteiger partial charge in [0.05, 0.1) is 23.4 Å². The van der Waals surface area contributed by atoms with Crippen molar-refractivity contribution in [3.63, 3.8) is 0 Å². The van der Waals surface area contributed by atoms with E-state index in [0.29, 0.717) is 17.6 Å². The fraction of sp³-hybridized carbons (Fsp3) is 0.154. The monoisotopic (exact) mass is 257 g/mol. The van der Waals surface area contributed by atoms with Crippen molar-refractivity contribution in [3.8, 4) is 0 Å². The lowest BCUT2D eigenvalue weighted by molar-refractivity contribution is 0.101. The minimum absolute atomic E-state index is 0.144. The number of carbonyl (C=O) groups is 1. The van der Waals surface area contributed by atoms with Gasteiger partial charge in [0.2, 0.25) is 5.43 Å². The molecule has 0 unspecified atom stereocenters. The van der Waals surface area contributed by atoms with Crippen molar-refractivity contribution >= 4 is 16.8 Å². The van der Waals surface area contributed by atoms with Gasteiger partial charge < -0.3 is 9.40 Å². The Hall–Kier alpha value is -2.63. The highest BCUT2D eigenvalue weighted by atomic mass is 16.3. The standard InChI is InChI=1S/C13H11N3O3/c1-8(17)10-5-14-13-11(12(10)18)6-15-16(13)7-9-3-2-4-19-9/h2-6H,7H2,1H3,(H,14,18). The topological polar surface area (TPSA) is 80.9 Å². The Bertz CT molecular complexity index is 796. The van der Waals surface area contributed by atoms with Crippen molar-refractivity contribution in [1.29, 1.82) is 0 Å². The van der Waals surface area contributed by atoms with Crippen LogP contribution in [0, 0.1) is 0 Å². The van der Waals surface area contributed by atoms with Gasteiger partial charge in [-0.05, 0) is 19.1 Å². The smallest absolute Gasteiger partial charge is 0.203 e. The highest BCUT2D eigenvalue weighted by Gasteiger charge is 2.13. The van der Waals surface area contributed by atoms with Crippen LogP contribution in [0.2, 0.25) is 0 Å². The SMILES string of the molecule is CC(=O)c1c[nH]c2c(cnn2Cc2ccco2)c1=O. The molecule has 6 nitrogen and oxygen atoms in total. The Morgan fingerprint density at radius 1 is 1.53 bits per heavy atom. The van der Waals surface area contributed by atoms with Gasteiger partial charge in [-0.15, -0.1) is 0 Å². The van der Waals surface area contributed by atoms with Crippen molar-refractivity contribution in [2.75, 3.05) is 0 Å². The van der Waals surface area contributed by atoms with Crippen LogP contribution in [0.15, 0.2) is 40.0 Å². The molecule has 3 aromatic heterocycles. The molecular formula is C13H11N3O3. The predicted octanol–water partition coefficient (Wildman–Crippen LogP) is 1.57. The summed E-state index contributed by atoms with van der Waals surface area (Å²) in [5, 5.41) is 4.55. The average Bonchev–Trinajstić information content (AvgIpc) is 3.00. The van der Waals surface area contributed by atoms with Crippen LogP contribution in [0.4, 0.5) is 0 Å². The second-order valence-electron chi connectivity index (χ2n) is 4.23. The largest absolute Gasteiger partial charge is 0.467 e. The van der Waals surface area contributed by atoms with Gasteiger partial charge in [0.15, 0.2) is 5.78 Å². The first-order valence-electron chi connectivity index (χ1n) is 5.77. The fourth-order valence-electron chi connectivity index (χ4n) is 1.99. The number of ketones is 1. The van der Waals surface area contributed by atoms with Gasteiger partial charge >= 0.3 is 0 Å². The molecule has 1 N–H and O–H groups in total. The number of aromatic nitrogens is 3. The van der Waals surface area contributed by atoms with E-state index in [0.717, 1.165) is 5.76 Å². The van der Waals surface area contributed by atoms with E-state index >= 15 is 0 Å². The lowest BCUT2D eigenvalue weighted by atomic mass is 10.2. The number of carbonyl (C=O) groups excluding carboxylic acids is 1. The fourth-order valence-corrected chi connectivity index (χ4v) is 1.99. The summed E-state index contributed by atoms with van der Waals surface area (Å²) >= 11 is 0. The van der Waals surface area contributed by atoms with Gasteiger partial charge in [0, 0.05) is 6.20 Å². The highest BCUT2D eigenvalue weighted by Crippen LogP contribution is 2.11. The maximum atomic E-state index is 12.1. The summed E-state index contributed by atoms with van der Waals surface area (Å²) in [6.45, 7) is 1.79. The summed E-state index contributed by atoms with van der Waals surface area (Å²) in [7, 11) is 0. The molecule has 19 heavy (non-hydrogen) atoms. The van der Waals surface area contributed by atoms with Crippen molar-refractivity contribution < 1.29 is 9.21 Å². The first-order valence-corrected chi connectivity index (χ1v) is 5.77. The Morgan fingerprint density at radius 3 is 3.05 bits per heavy atom. The molecule has 0 spiro atoms. The van der Waals surface area contributed by atoms with E-state index in [1.54, 1.807) is 17.0 Å². The summed E-state index contributed by atoms with van der Waals surface area (Å²) in [5.74, 6) is 0.475. The molecule has 0 fully saturated rings. The molecule has 3 rings (SSSR count). The number of hydrogen-bond acceptors (Lipinski definition) is 4. The van der Waals surface area contributed by atoms with Crippen LogP contribution >= 0.6 is 0 Å². The Labute approximate surface area is 107 Å². The lowest BCUT2D eigenvalue weighted by Gasteiger charge is -2.01. The second-order valence-corrected chi connectivity index (χ2v) is 4.23. The summed E-state index contributed by atoms with van der Waals surface area (Å²) in [6, 6.07) is 3.62. The van der Waals surface area contributed by atoms with Crippen LogP contribution in [0.3, 0.4) is 0 Å². The van der Waals surface area contributed by atoms with Gasteiger partial charge in [0.1, 0.15) is 18.0 Å². The first kappa shape index (κ1) is 11.5. The number of nitrogens with zero attached hydrogens (tertiary/aromatic N) is 2. The number of rotatable bonds is 3. The molecule has 0 atom stereocenters. The number of nitrogens with one attached hydrogen (secondary N) is 1. The molecule has 0 aliphatic carbocycles. The maximum Gasteiger partial charge on any atom is 0.203 e. The summed E-state index contributed by atoms with van der Waals surface area (Å²) < 4.78 is 6.87. The number of Topliss-reactive ketones (excluding diaryl/α,β-unsaturated/α-hetero) is 1. The molecule has 3 heterocycles. The predicted molar refractivity (Wildman–Crippen MR) is 68.2 cm³/mol. The van der Waals surface area contributed by atoms with Crippen LogP contribution in [0.25, 0.3) is 11.0 Å². The number of furan rings is 1. The van der Waals surface area contributed by atoms with Crippen LogP contribution in [-0.2, 0) is 6.54 Å². The lowest BCUT2D eigenvalue weighted by Crippen LogP contribution is -2.14. The van der Waals surface area contributed by atoms with E-state index in [-0.39, 0.29) is 16.8 Å². The van der Waals surface area contributed by atoms with E-state index in [2.05, 4.69) is 10.1 Å². The number of H-pyrrole nitrogens is 1. The number of aromatic amines is 1. The molecule has 96 valence electrons. The third kappa shape index (κ3) is 1.87. The van der Waals surface area contributed by atoms with E-state index in [1.165, 1.54) is 19.3 Å². The molecule has 0 aliphatic heterocycles. The summed E-state index contributed by atoms with van der Waals surface area (Å²) in [6.07, 6.45) is 4.47. The van der Waals surface area contributed by atoms with Gasteiger partial charge in [-0.2, -0.15) is 5.10 Å². The van der Waals surface area contributed by atoms with Crippen molar-refractivity contribution in [2.45, 2.75) is 13.5 Å². The molecule has 0 radical (unpaired) electrons. The first-order chi connectivity index (χ1) is 9.16. The molecule has 0 bridgehead atoms.